The number of thiophene rings is 2. The SMILES string of the molecule is CC(NC(=O)c1cc2sc3ccccc3c2s1)C(C)C(=O)O. The minimum Gasteiger partial charge on any atom is -0.481 e. The van der Waals surface area contributed by atoms with E-state index in [1.807, 2.05) is 18.2 Å². The number of nitrogens with one attached hydrogen (secondary N) is 1. The van der Waals surface area contributed by atoms with Gasteiger partial charge in [-0.1, -0.05) is 18.2 Å². The number of benzene rings is 1. The number of hydrogen-bond acceptors (Lipinski definition) is 4. The molecule has 4 nitrogen and oxygen atoms in total. The van der Waals surface area contributed by atoms with Crippen molar-refractivity contribution in [3.8, 4) is 0 Å². The lowest BCUT2D eigenvalue weighted by molar-refractivity contribution is -0.141. The van der Waals surface area contributed by atoms with E-state index in [0.717, 1.165) is 9.40 Å². The molecule has 0 bridgehead atoms. The number of aliphatic carboxylic acids is 1. The van der Waals surface area contributed by atoms with E-state index >= 15 is 0 Å². The Hall–Kier alpha value is -1.92. The van der Waals surface area contributed by atoms with E-state index in [-0.39, 0.29) is 5.91 Å². The summed E-state index contributed by atoms with van der Waals surface area (Å²) in [5, 5.41) is 12.9. The van der Waals surface area contributed by atoms with E-state index < -0.39 is 17.9 Å². The minimum atomic E-state index is -0.911. The molecule has 114 valence electrons. The standard InChI is InChI=1S/C16H15NO3S2/c1-8(16(19)20)9(2)17-15(18)13-7-12-14(22-13)10-5-3-4-6-11(10)21-12/h3-9H,1-2H3,(H,17,18)(H,19,20). The summed E-state index contributed by atoms with van der Waals surface area (Å²) in [6, 6.07) is 9.60. The van der Waals surface area contributed by atoms with Crippen LogP contribution in [0.25, 0.3) is 19.5 Å². The topological polar surface area (TPSA) is 66.4 Å². The largest absolute Gasteiger partial charge is 0.481 e. The zero-order valence-corrected chi connectivity index (χ0v) is 13.8. The number of carboxylic acid groups (broad SMARTS) is 1. The summed E-state index contributed by atoms with van der Waals surface area (Å²) < 4.78 is 3.42. The maximum absolute atomic E-state index is 12.3. The van der Waals surface area contributed by atoms with Gasteiger partial charge in [0.2, 0.25) is 0 Å². The van der Waals surface area contributed by atoms with Gasteiger partial charge >= 0.3 is 5.97 Å². The van der Waals surface area contributed by atoms with Gasteiger partial charge in [-0.15, -0.1) is 22.7 Å². The number of carboxylic acids is 1. The van der Waals surface area contributed by atoms with E-state index in [2.05, 4.69) is 17.4 Å². The lowest BCUT2D eigenvalue weighted by Gasteiger charge is -2.17. The number of carbonyl (C=O) groups is 2. The number of rotatable bonds is 4. The van der Waals surface area contributed by atoms with Gasteiger partial charge in [-0.2, -0.15) is 0 Å². The first-order chi connectivity index (χ1) is 10.5. The molecule has 22 heavy (non-hydrogen) atoms. The van der Waals surface area contributed by atoms with Crippen LogP contribution in [0.4, 0.5) is 0 Å². The van der Waals surface area contributed by atoms with Gasteiger partial charge in [0.1, 0.15) is 0 Å². The summed E-state index contributed by atoms with van der Waals surface area (Å²) in [7, 11) is 0. The van der Waals surface area contributed by atoms with E-state index in [4.69, 9.17) is 5.11 Å². The van der Waals surface area contributed by atoms with Crippen LogP contribution in [-0.2, 0) is 4.79 Å². The average Bonchev–Trinajstić information content (AvgIpc) is 3.03. The van der Waals surface area contributed by atoms with Gasteiger partial charge < -0.3 is 10.4 Å². The van der Waals surface area contributed by atoms with Crippen molar-refractivity contribution in [2.45, 2.75) is 19.9 Å². The Morgan fingerprint density at radius 2 is 1.86 bits per heavy atom. The third kappa shape index (κ3) is 2.60. The fourth-order valence-electron chi connectivity index (χ4n) is 2.23. The predicted molar refractivity (Wildman–Crippen MR) is 90.9 cm³/mol. The molecule has 2 atom stereocenters. The van der Waals surface area contributed by atoms with Gasteiger partial charge in [0.05, 0.1) is 15.5 Å². The first-order valence-corrected chi connectivity index (χ1v) is 8.55. The Morgan fingerprint density at radius 3 is 2.59 bits per heavy atom. The summed E-state index contributed by atoms with van der Waals surface area (Å²) in [6.07, 6.45) is 0. The van der Waals surface area contributed by atoms with E-state index in [9.17, 15) is 9.59 Å². The zero-order valence-electron chi connectivity index (χ0n) is 12.1. The van der Waals surface area contributed by atoms with Crippen LogP contribution >= 0.6 is 22.7 Å². The van der Waals surface area contributed by atoms with Crippen molar-refractivity contribution in [1.82, 2.24) is 5.32 Å². The quantitative estimate of drug-likeness (QED) is 0.759. The number of amides is 1. The molecule has 0 aliphatic carbocycles. The maximum atomic E-state index is 12.3. The van der Waals surface area contributed by atoms with Crippen molar-refractivity contribution < 1.29 is 14.7 Å². The van der Waals surface area contributed by atoms with Crippen LogP contribution in [0.1, 0.15) is 23.5 Å². The van der Waals surface area contributed by atoms with Crippen LogP contribution in [0.5, 0.6) is 0 Å². The van der Waals surface area contributed by atoms with Gasteiger partial charge in [0.25, 0.3) is 5.91 Å². The van der Waals surface area contributed by atoms with Crippen LogP contribution in [-0.4, -0.2) is 23.0 Å². The van der Waals surface area contributed by atoms with E-state index in [1.165, 1.54) is 21.4 Å². The second kappa shape index (κ2) is 5.70. The van der Waals surface area contributed by atoms with Crippen LogP contribution in [0.15, 0.2) is 30.3 Å². The molecule has 0 aliphatic rings. The van der Waals surface area contributed by atoms with Gasteiger partial charge in [-0.05, 0) is 26.0 Å². The molecule has 2 heterocycles. The molecule has 0 radical (unpaired) electrons. The first kappa shape index (κ1) is 15.0. The molecule has 2 N–H and O–H groups in total. The second-order valence-electron chi connectivity index (χ2n) is 5.29. The Morgan fingerprint density at radius 1 is 1.14 bits per heavy atom. The highest BCUT2D eigenvalue weighted by Gasteiger charge is 2.22. The fourth-order valence-corrected chi connectivity index (χ4v) is 4.66. The highest BCUT2D eigenvalue weighted by molar-refractivity contribution is 7.33. The third-order valence-electron chi connectivity index (χ3n) is 3.77. The summed E-state index contributed by atoms with van der Waals surface area (Å²) >= 11 is 3.12. The van der Waals surface area contributed by atoms with Crippen molar-refractivity contribution in [2.24, 2.45) is 5.92 Å². The molecule has 1 amide bonds. The number of fused-ring (bicyclic) bond motifs is 3. The van der Waals surface area contributed by atoms with E-state index in [0.29, 0.717) is 4.88 Å². The van der Waals surface area contributed by atoms with Crippen molar-refractivity contribution in [3.05, 3.63) is 35.2 Å². The number of hydrogen-bond donors (Lipinski definition) is 2. The smallest absolute Gasteiger partial charge is 0.308 e. The summed E-state index contributed by atoms with van der Waals surface area (Å²) in [6.45, 7) is 3.30. The lowest BCUT2D eigenvalue weighted by Crippen LogP contribution is -2.39. The molecular formula is C16H15NO3S2. The molecule has 0 saturated heterocycles. The van der Waals surface area contributed by atoms with Crippen LogP contribution in [0.2, 0.25) is 0 Å². The van der Waals surface area contributed by atoms with Crippen molar-refractivity contribution in [2.75, 3.05) is 0 Å². The third-order valence-corrected chi connectivity index (χ3v) is 6.19. The molecule has 0 spiro atoms. The van der Waals surface area contributed by atoms with Gasteiger partial charge in [0, 0.05) is 20.8 Å². The number of carbonyl (C=O) groups excluding carboxylic acids is 1. The average molecular weight is 333 g/mol. The lowest BCUT2D eigenvalue weighted by atomic mass is 10.0. The normalized spacial score (nSPS) is 14.1. The van der Waals surface area contributed by atoms with Gasteiger partial charge in [-0.3, -0.25) is 9.59 Å². The monoisotopic (exact) mass is 333 g/mol. The highest BCUT2D eigenvalue weighted by atomic mass is 32.1. The molecular weight excluding hydrogens is 318 g/mol. The van der Waals surface area contributed by atoms with Crippen molar-refractivity contribution >= 4 is 54.0 Å². The second-order valence-corrected chi connectivity index (χ2v) is 7.43. The Kier molecular flexibility index (Phi) is 3.88. The van der Waals surface area contributed by atoms with Gasteiger partial charge in [0.15, 0.2) is 0 Å². The molecule has 3 rings (SSSR count). The predicted octanol–water partition coefficient (Wildman–Crippen LogP) is 3.96. The Bertz CT molecular complexity index is 865. The molecule has 3 aromatic rings. The molecule has 0 saturated carbocycles. The zero-order chi connectivity index (χ0) is 15.9. The molecule has 6 heteroatoms. The minimum absolute atomic E-state index is 0.210. The summed E-state index contributed by atoms with van der Waals surface area (Å²) in [4.78, 5) is 23.9. The van der Waals surface area contributed by atoms with Crippen LogP contribution < -0.4 is 5.32 Å². The van der Waals surface area contributed by atoms with E-state index in [1.54, 1.807) is 25.2 Å². The molecule has 2 unspecified atom stereocenters. The first-order valence-electron chi connectivity index (χ1n) is 6.92. The Labute approximate surface area is 135 Å². The van der Waals surface area contributed by atoms with Crippen molar-refractivity contribution in [3.63, 3.8) is 0 Å². The Balaban J connectivity index is 1.87. The molecule has 1 aromatic carbocycles. The maximum Gasteiger partial charge on any atom is 0.308 e. The van der Waals surface area contributed by atoms with Crippen LogP contribution in [0, 0.1) is 5.92 Å². The molecule has 2 aromatic heterocycles. The van der Waals surface area contributed by atoms with Crippen molar-refractivity contribution in [1.29, 1.82) is 0 Å². The molecule has 0 aliphatic heterocycles. The van der Waals surface area contributed by atoms with Gasteiger partial charge in [-0.25, -0.2) is 0 Å². The summed E-state index contributed by atoms with van der Waals surface area (Å²) in [5.74, 6) is -1.74. The summed E-state index contributed by atoms with van der Waals surface area (Å²) in [5.41, 5.74) is 0. The fraction of sp³-hybridized carbons (Fsp3) is 0.250. The highest BCUT2D eigenvalue weighted by Crippen LogP contribution is 2.39. The molecule has 0 fully saturated rings. The van der Waals surface area contributed by atoms with Crippen LogP contribution in [0.3, 0.4) is 0 Å².